The fraction of sp³-hybridized carbons (Fsp3) is 0.500. The molecule has 0 saturated heterocycles. The summed E-state index contributed by atoms with van der Waals surface area (Å²) in [7, 11) is 0. The van der Waals surface area contributed by atoms with Crippen LogP contribution >= 0.6 is 11.6 Å². The second-order valence-corrected chi connectivity index (χ2v) is 4.85. The van der Waals surface area contributed by atoms with Crippen LogP contribution in [0.2, 0.25) is 5.02 Å². The summed E-state index contributed by atoms with van der Waals surface area (Å²) in [5.74, 6) is 0. The number of halogens is 1. The standard InChI is InChI=1S/C12H16ClNO3/c1-4-12(2,3)17-8-9-5-6-10(13)11(7-9)14(15)16/h5-7H,4,8H2,1-3H3. The number of rotatable bonds is 5. The van der Waals surface area contributed by atoms with Gasteiger partial charge in [-0.05, 0) is 31.9 Å². The third-order valence-electron chi connectivity index (χ3n) is 2.69. The minimum Gasteiger partial charge on any atom is -0.371 e. The molecular weight excluding hydrogens is 242 g/mol. The number of benzene rings is 1. The van der Waals surface area contributed by atoms with Gasteiger partial charge in [0.1, 0.15) is 5.02 Å². The molecule has 0 atom stereocenters. The minimum absolute atomic E-state index is 0.0814. The zero-order valence-corrected chi connectivity index (χ0v) is 11.0. The molecule has 0 aromatic heterocycles. The molecule has 0 saturated carbocycles. The average Bonchev–Trinajstić information content (AvgIpc) is 2.27. The van der Waals surface area contributed by atoms with Crippen molar-refractivity contribution in [2.75, 3.05) is 0 Å². The molecule has 0 radical (unpaired) electrons. The second-order valence-electron chi connectivity index (χ2n) is 4.44. The summed E-state index contributed by atoms with van der Waals surface area (Å²) in [4.78, 5) is 10.2. The Morgan fingerprint density at radius 2 is 2.12 bits per heavy atom. The van der Waals surface area contributed by atoms with E-state index in [0.29, 0.717) is 6.61 Å². The van der Waals surface area contributed by atoms with E-state index in [-0.39, 0.29) is 16.3 Å². The second kappa shape index (κ2) is 5.47. The molecule has 1 aromatic rings. The van der Waals surface area contributed by atoms with Crippen LogP contribution in [0.5, 0.6) is 0 Å². The third-order valence-corrected chi connectivity index (χ3v) is 3.01. The molecule has 0 aliphatic carbocycles. The van der Waals surface area contributed by atoms with Crippen LogP contribution in [0.1, 0.15) is 32.8 Å². The number of nitro benzene ring substituents is 1. The Bertz CT molecular complexity index is 418. The summed E-state index contributed by atoms with van der Waals surface area (Å²) >= 11 is 5.73. The van der Waals surface area contributed by atoms with Crippen LogP contribution in [0.3, 0.4) is 0 Å². The Morgan fingerprint density at radius 3 is 2.65 bits per heavy atom. The predicted molar refractivity (Wildman–Crippen MR) is 67.3 cm³/mol. The molecule has 17 heavy (non-hydrogen) atoms. The first-order valence-corrected chi connectivity index (χ1v) is 5.80. The average molecular weight is 258 g/mol. The van der Waals surface area contributed by atoms with Crippen LogP contribution in [-0.4, -0.2) is 10.5 Å². The van der Waals surface area contributed by atoms with Crippen molar-refractivity contribution in [1.29, 1.82) is 0 Å². The van der Waals surface area contributed by atoms with E-state index < -0.39 is 4.92 Å². The van der Waals surface area contributed by atoms with E-state index in [2.05, 4.69) is 0 Å². The smallest absolute Gasteiger partial charge is 0.288 e. The van der Waals surface area contributed by atoms with Gasteiger partial charge in [-0.2, -0.15) is 0 Å². The monoisotopic (exact) mass is 257 g/mol. The molecule has 4 nitrogen and oxygen atoms in total. The summed E-state index contributed by atoms with van der Waals surface area (Å²) in [5.41, 5.74) is 0.443. The third kappa shape index (κ3) is 3.98. The highest BCUT2D eigenvalue weighted by atomic mass is 35.5. The molecule has 1 aromatic carbocycles. The SMILES string of the molecule is CCC(C)(C)OCc1ccc(Cl)c([N+](=O)[O-])c1. The maximum atomic E-state index is 10.7. The van der Waals surface area contributed by atoms with E-state index in [4.69, 9.17) is 16.3 Å². The quantitative estimate of drug-likeness (QED) is 0.593. The van der Waals surface area contributed by atoms with Crippen molar-refractivity contribution in [3.8, 4) is 0 Å². The van der Waals surface area contributed by atoms with Gasteiger partial charge >= 0.3 is 0 Å². The lowest BCUT2D eigenvalue weighted by Crippen LogP contribution is -2.22. The molecule has 0 aliphatic rings. The van der Waals surface area contributed by atoms with Gasteiger partial charge in [0.05, 0.1) is 17.1 Å². The van der Waals surface area contributed by atoms with Gasteiger partial charge in [-0.15, -0.1) is 0 Å². The highest BCUT2D eigenvalue weighted by Gasteiger charge is 2.17. The maximum Gasteiger partial charge on any atom is 0.288 e. The van der Waals surface area contributed by atoms with E-state index in [0.717, 1.165) is 12.0 Å². The molecule has 1 rings (SSSR count). The zero-order chi connectivity index (χ0) is 13.1. The first-order valence-electron chi connectivity index (χ1n) is 5.42. The maximum absolute atomic E-state index is 10.7. The van der Waals surface area contributed by atoms with Crippen molar-refractivity contribution in [1.82, 2.24) is 0 Å². The molecule has 0 fully saturated rings. The van der Waals surface area contributed by atoms with Gasteiger partial charge in [0.2, 0.25) is 0 Å². The minimum atomic E-state index is -0.489. The topological polar surface area (TPSA) is 52.4 Å². The Labute approximate surface area is 106 Å². The molecule has 0 spiro atoms. The first kappa shape index (κ1) is 13.9. The van der Waals surface area contributed by atoms with Crippen LogP contribution in [0.25, 0.3) is 0 Å². The molecule has 94 valence electrons. The van der Waals surface area contributed by atoms with Crippen molar-refractivity contribution < 1.29 is 9.66 Å². The van der Waals surface area contributed by atoms with E-state index in [9.17, 15) is 10.1 Å². The Hall–Kier alpha value is -1.13. The summed E-state index contributed by atoms with van der Waals surface area (Å²) in [6.45, 7) is 6.35. The molecule has 0 heterocycles. The fourth-order valence-electron chi connectivity index (χ4n) is 1.17. The zero-order valence-electron chi connectivity index (χ0n) is 10.2. The van der Waals surface area contributed by atoms with E-state index in [1.807, 2.05) is 20.8 Å². The van der Waals surface area contributed by atoms with Gasteiger partial charge in [-0.1, -0.05) is 24.6 Å². The first-order chi connectivity index (χ1) is 7.85. The number of nitrogens with zero attached hydrogens (tertiary/aromatic N) is 1. The largest absolute Gasteiger partial charge is 0.371 e. The molecule has 5 heteroatoms. The lowest BCUT2D eigenvalue weighted by Gasteiger charge is -2.23. The molecule has 0 aliphatic heterocycles. The summed E-state index contributed by atoms with van der Waals surface area (Å²) < 4.78 is 5.67. The van der Waals surface area contributed by atoms with Crippen molar-refractivity contribution in [3.63, 3.8) is 0 Å². The number of nitro groups is 1. The normalized spacial score (nSPS) is 11.5. The van der Waals surface area contributed by atoms with Crippen molar-refractivity contribution in [2.24, 2.45) is 0 Å². The van der Waals surface area contributed by atoms with Crippen LogP contribution < -0.4 is 0 Å². The predicted octanol–water partition coefficient (Wildman–Crippen LogP) is 3.95. The Kier molecular flexibility index (Phi) is 4.48. The van der Waals surface area contributed by atoms with E-state index in [1.54, 1.807) is 6.07 Å². The van der Waals surface area contributed by atoms with Gasteiger partial charge in [0.15, 0.2) is 0 Å². The van der Waals surface area contributed by atoms with Gasteiger partial charge in [0.25, 0.3) is 5.69 Å². The van der Waals surface area contributed by atoms with Gasteiger partial charge < -0.3 is 4.74 Å². The number of ether oxygens (including phenoxy) is 1. The molecule has 0 amide bonds. The van der Waals surface area contributed by atoms with Crippen LogP contribution in [0.4, 0.5) is 5.69 Å². The van der Waals surface area contributed by atoms with Gasteiger partial charge in [0, 0.05) is 6.07 Å². The van der Waals surface area contributed by atoms with Crippen molar-refractivity contribution in [3.05, 3.63) is 38.9 Å². The van der Waals surface area contributed by atoms with Crippen LogP contribution in [-0.2, 0) is 11.3 Å². The van der Waals surface area contributed by atoms with Crippen LogP contribution in [0, 0.1) is 10.1 Å². The summed E-state index contributed by atoms with van der Waals surface area (Å²) in [5, 5.41) is 10.9. The summed E-state index contributed by atoms with van der Waals surface area (Å²) in [6.07, 6.45) is 0.878. The molecule has 0 N–H and O–H groups in total. The fourth-order valence-corrected chi connectivity index (χ4v) is 1.36. The molecular formula is C12H16ClNO3. The van der Waals surface area contributed by atoms with Crippen LogP contribution in [0.15, 0.2) is 18.2 Å². The Balaban J connectivity index is 2.80. The lowest BCUT2D eigenvalue weighted by atomic mass is 10.1. The van der Waals surface area contributed by atoms with E-state index in [1.165, 1.54) is 12.1 Å². The number of hydrogen-bond acceptors (Lipinski definition) is 3. The number of hydrogen-bond donors (Lipinski definition) is 0. The molecule has 0 bridgehead atoms. The van der Waals surface area contributed by atoms with E-state index >= 15 is 0 Å². The highest BCUT2D eigenvalue weighted by molar-refractivity contribution is 6.32. The highest BCUT2D eigenvalue weighted by Crippen LogP contribution is 2.26. The van der Waals surface area contributed by atoms with Crippen molar-refractivity contribution >= 4 is 17.3 Å². The lowest BCUT2D eigenvalue weighted by molar-refractivity contribution is -0.384. The van der Waals surface area contributed by atoms with Gasteiger partial charge in [-0.3, -0.25) is 10.1 Å². The molecule has 0 unspecified atom stereocenters. The summed E-state index contributed by atoms with van der Waals surface area (Å²) in [6, 6.07) is 4.71. The van der Waals surface area contributed by atoms with Crippen molar-refractivity contribution in [2.45, 2.75) is 39.4 Å². The Morgan fingerprint density at radius 1 is 1.47 bits per heavy atom. The van der Waals surface area contributed by atoms with Gasteiger partial charge in [-0.25, -0.2) is 0 Å².